The van der Waals surface area contributed by atoms with Gasteiger partial charge in [-0.15, -0.1) is 0 Å². The first-order chi connectivity index (χ1) is 8.56. The Kier molecular flexibility index (Phi) is 4.31. The molecule has 1 heterocycles. The summed E-state index contributed by atoms with van der Waals surface area (Å²) in [6.45, 7) is 8.47. The highest BCUT2D eigenvalue weighted by Crippen LogP contribution is 2.50. The third-order valence-corrected chi connectivity index (χ3v) is 4.33. The molecule has 1 atom stereocenters. The molecule has 1 aliphatic carbocycles. The van der Waals surface area contributed by atoms with E-state index >= 15 is 0 Å². The third-order valence-electron chi connectivity index (χ3n) is 4.33. The molecule has 3 nitrogen and oxygen atoms in total. The largest absolute Gasteiger partial charge is 0.341 e. The second-order valence-corrected chi connectivity index (χ2v) is 6.53. The van der Waals surface area contributed by atoms with Gasteiger partial charge in [-0.2, -0.15) is 0 Å². The molecule has 2 rings (SSSR count). The SMILES string of the molecule is CCCC1(CN2CCCC(NC(C)C)C2=O)CC1. The number of amides is 1. The molecule has 0 radical (unpaired) electrons. The van der Waals surface area contributed by atoms with Crippen LogP contribution in [0.1, 0.15) is 59.3 Å². The second kappa shape index (κ2) is 5.60. The molecule has 104 valence electrons. The molecule has 1 unspecified atom stereocenters. The number of likely N-dealkylation sites (tertiary alicyclic amines) is 1. The van der Waals surface area contributed by atoms with E-state index in [4.69, 9.17) is 0 Å². The minimum absolute atomic E-state index is 0.0659. The van der Waals surface area contributed by atoms with Crippen LogP contribution in [0.3, 0.4) is 0 Å². The van der Waals surface area contributed by atoms with Crippen LogP contribution in [0.2, 0.25) is 0 Å². The van der Waals surface area contributed by atoms with Gasteiger partial charge < -0.3 is 10.2 Å². The molecule has 1 aliphatic heterocycles. The summed E-state index contributed by atoms with van der Waals surface area (Å²) in [7, 11) is 0. The zero-order chi connectivity index (χ0) is 13.2. The van der Waals surface area contributed by atoms with Crippen molar-refractivity contribution in [2.24, 2.45) is 5.41 Å². The van der Waals surface area contributed by atoms with Crippen LogP contribution >= 0.6 is 0 Å². The Morgan fingerprint density at radius 3 is 2.72 bits per heavy atom. The molecule has 0 bridgehead atoms. The fourth-order valence-corrected chi connectivity index (χ4v) is 3.25. The average Bonchev–Trinajstić information content (AvgIpc) is 3.04. The lowest BCUT2D eigenvalue weighted by molar-refractivity contribution is -0.137. The molecule has 0 aromatic heterocycles. The van der Waals surface area contributed by atoms with Crippen LogP contribution in [0.25, 0.3) is 0 Å². The van der Waals surface area contributed by atoms with Gasteiger partial charge >= 0.3 is 0 Å². The number of piperidine rings is 1. The number of rotatable bonds is 6. The lowest BCUT2D eigenvalue weighted by atomic mass is 9.97. The maximum absolute atomic E-state index is 12.4. The summed E-state index contributed by atoms with van der Waals surface area (Å²) in [6, 6.07) is 0.459. The highest BCUT2D eigenvalue weighted by atomic mass is 16.2. The van der Waals surface area contributed by atoms with Gasteiger partial charge in [0.25, 0.3) is 0 Å². The van der Waals surface area contributed by atoms with Crippen LogP contribution in [0, 0.1) is 5.41 Å². The molecule has 0 aromatic carbocycles. The van der Waals surface area contributed by atoms with E-state index in [0.29, 0.717) is 17.4 Å². The lowest BCUT2D eigenvalue weighted by Gasteiger charge is -2.36. The minimum atomic E-state index is 0.0659. The van der Waals surface area contributed by atoms with E-state index in [1.165, 1.54) is 25.7 Å². The molecule has 1 amide bonds. The molecule has 0 aromatic rings. The third kappa shape index (κ3) is 3.25. The molecule has 18 heavy (non-hydrogen) atoms. The van der Waals surface area contributed by atoms with Gasteiger partial charge in [-0.1, -0.05) is 27.2 Å². The first kappa shape index (κ1) is 13.9. The van der Waals surface area contributed by atoms with Crippen molar-refractivity contribution in [1.82, 2.24) is 10.2 Å². The van der Waals surface area contributed by atoms with E-state index in [0.717, 1.165) is 25.9 Å². The number of nitrogens with one attached hydrogen (secondary N) is 1. The summed E-state index contributed by atoms with van der Waals surface area (Å²) in [4.78, 5) is 14.6. The Morgan fingerprint density at radius 2 is 2.17 bits per heavy atom. The van der Waals surface area contributed by atoms with Crippen molar-refractivity contribution in [3.8, 4) is 0 Å². The highest BCUT2D eigenvalue weighted by molar-refractivity contribution is 5.82. The van der Waals surface area contributed by atoms with Crippen LogP contribution in [0.15, 0.2) is 0 Å². The quantitative estimate of drug-likeness (QED) is 0.788. The van der Waals surface area contributed by atoms with Gasteiger partial charge in [0.05, 0.1) is 6.04 Å². The first-order valence-corrected chi connectivity index (χ1v) is 7.61. The molecule has 3 heteroatoms. The van der Waals surface area contributed by atoms with Crippen molar-refractivity contribution in [2.75, 3.05) is 13.1 Å². The van der Waals surface area contributed by atoms with Crippen molar-refractivity contribution in [3.63, 3.8) is 0 Å². The molecule has 2 aliphatic rings. The number of carbonyl (C=O) groups excluding carboxylic acids is 1. The number of carbonyl (C=O) groups is 1. The van der Waals surface area contributed by atoms with Crippen molar-refractivity contribution >= 4 is 5.91 Å². The summed E-state index contributed by atoms with van der Waals surface area (Å²) in [5.74, 6) is 0.345. The van der Waals surface area contributed by atoms with Crippen LogP contribution in [0.5, 0.6) is 0 Å². The Balaban J connectivity index is 1.90. The smallest absolute Gasteiger partial charge is 0.239 e. The maximum atomic E-state index is 12.4. The fourth-order valence-electron chi connectivity index (χ4n) is 3.25. The van der Waals surface area contributed by atoms with Gasteiger partial charge in [0.2, 0.25) is 5.91 Å². The fraction of sp³-hybridized carbons (Fsp3) is 0.933. The van der Waals surface area contributed by atoms with Crippen LogP contribution in [-0.4, -0.2) is 36.0 Å². The maximum Gasteiger partial charge on any atom is 0.239 e. The van der Waals surface area contributed by atoms with Gasteiger partial charge in [-0.25, -0.2) is 0 Å². The van der Waals surface area contributed by atoms with Crippen LogP contribution < -0.4 is 5.32 Å². The summed E-state index contributed by atoms with van der Waals surface area (Å²) in [5.41, 5.74) is 0.490. The summed E-state index contributed by atoms with van der Waals surface area (Å²) in [5, 5.41) is 3.41. The molecule has 1 saturated carbocycles. The zero-order valence-electron chi connectivity index (χ0n) is 12.2. The first-order valence-electron chi connectivity index (χ1n) is 7.61. The number of hydrogen-bond acceptors (Lipinski definition) is 2. The van der Waals surface area contributed by atoms with E-state index in [-0.39, 0.29) is 6.04 Å². The predicted molar refractivity (Wildman–Crippen MR) is 74.4 cm³/mol. The standard InChI is InChI=1S/C15H28N2O/c1-4-7-15(8-9-15)11-17-10-5-6-13(14(17)18)16-12(2)3/h12-13,16H,4-11H2,1-3H3. The van der Waals surface area contributed by atoms with E-state index in [9.17, 15) is 4.79 Å². The molecule has 1 N–H and O–H groups in total. The Labute approximate surface area is 111 Å². The molecule has 0 spiro atoms. The van der Waals surface area contributed by atoms with Gasteiger partial charge in [0.1, 0.15) is 0 Å². The normalized spacial score (nSPS) is 26.8. The summed E-state index contributed by atoms with van der Waals surface area (Å²) < 4.78 is 0. The van der Waals surface area contributed by atoms with E-state index < -0.39 is 0 Å². The van der Waals surface area contributed by atoms with Crippen molar-refractivity contribution in [3.05, 3.63) is 0 Å². The molecule has 2 fully saturated rings. The molecular weight excluding hydrogens is 224 g/mol. The predicted octanol–water partition coefficient (Wildman–Crippen LogP) is 2.56. The van der Waals surface area contributed by atoms with Crippen LogP contribution in [0.4, 0.5) is 0 Å². The topological polar surface area (TPSA) is 32.3 Å². The van der Waals surface area contributed by atoms with Gasteiger partial charge in [0, 0.05) is 19.1 Å². The zero-order valence-corrected chi connectivity index (χ0v) is 12.2. The summed E-state index contributed by atoms with van der Waals surface area (Å²) in [6.07, 6.45) is 7.35. The lowest BCUT2D eigenvalue weighted by Crippen LogP contribution is -2.53. The molecule has 1 saturated heterocycles. The highest BCUT2D eigenvalue weighted by Gasteiger charge is 2.44. The Bertz CT molecular complexity index is 297. The number of nitrogens with zero attached hydrogens (tertiary/aromatic N) is 1. The van der Waals surface area contributed by atoms with Crippen molar-refractivity contribution in [2.45, 2.75) is 71.4 Å². The van der Waals surface area contributed by atoms with E-state index in [1.807, 2.05) is 0 Å². The number of hydrogen-bond donors (Lipinski definition) is 1. The minimum Gasteiger partial charge on any atom is -0.341 e. The molecular formula is C15H28N2O. The van der Waals surface area contributed by atoms with Crippen molar-refractivity contribution in [1.29, 1.82) is 0 Å². The monoisotopic (exact) mass is 252 g/mol. The summed E-state index contributed by atoms with van der Waals surface area (Å²) >= 11 is 0. The average molecular weight is 252 g/mol. The van der Waals surface area contributed by atoms with Crippen LogP contribution in [-0.2, 0) is 4.79 Å². The van der Waals surface area contributed by atoms with Crippen molar-refractivity contribution < 1.29 is 4.79 Å². The van der Waals surface area contributed by atoms with E-state index in [2.05, 4.69) is 31.0 Å². The Morgan fingerprint density at radius 1 is 1.44 bits per heavy atom. The van der Waals surface area contributed by atoms with Gasteiger partial charge in [-0.3, -0.25) is 4.79 Å². The van der Waals surface area contributed by atoms with E-state index in [1.54, 1.807) is 0 Å². The van der Waals surface area contributed by atoms with Gasteiger partial charge in [0.15, 0.2) is 0 Å². The second-order valence-electron chi connectivity index (χ2n) is 6.53. The Hall–Kier alpha value is -0.570. The van der Waals surface area contributed by atoms with Gasteiger partial charge in [-0.05, 0) is 37.5 Å².